The highest BCUT2D eigenvalue weighted by Gasteiger charge is 2.24. The molecule has 10 heteroatoms. The lowest BCUT2D eigenvalue weighted by molar-refractivity contribution is 0.102. The normalized spacial score (nSPS) is 15.3. The lowest BCUT2D eigenvalue weighted by Gasteiger charge is -2.32. The van der Waals surface area contributed by atoms with E-state index in [0.717, 1.165) is 48.4 Å². The first kappa shape index (κ1) is 28.0. The number of nitrogens with one attached hydrogen (secondary N) is 2. The van der Waals surface area contributed by atoms with Crippen LogP contribution in [0.2, 0.25) is 0 Å². The number of piperidine rings is 1. The fourth-order valence-electron chi connectivity index (χ4n) is 5.35. The van der Waals surface area contributed by atoms with Crippen LogP contribution in [0.15, 0.2) is 92.9 Å². The van der Waals surface area contributed by atoms with Crippen molar-refractivity contribution in [1.29, 1.82) is 0 Å². The summed E-state index contributed by atoms with van der Waals surface area (Å²) < 4.78 is 10.2. The summed E-state index contributed by atoms with van der Waals surface area (Å²) >= 11 is 0. The zero-order chi connectivity index (χ0) is 29.8. The molecule has 4 heterocycles. The molecular weight excluding hydrogens is 544 g/mol. The van der Waals surface area contributed by atoms with Crippen molar-refractivity contribution in [3.8, 4) is 11.3 Å². The lowest BCUT2D eigenvalue weighted by Crippen LogP contribution is -2.34. The predicted octanol–water partition coefficient (Wildman–Crippen LogP) is 6.08. The zero-order valence-corrected chi connectivity index (χ0v) is 24.0. The van der Waals surface area contributed by atoms with E-state index in [9.17, 15) is 9.59 Å². The summed E-state index contributed by atoms with van der Waals surface area (Å²) in [6.45, 7) is 6.05. The maximum atomic E-state index is 13.1. The highest BCUT2D eigenvalue weighted by molar-refractivity contribution is 6.04. The molecule has 1 aliphatic rings. The molecule has 218 valence electrons. The Hall–Kier alpha value is -5.09. The van der Waals surface area contributed by atoms with E-state index in [4.69, 9.17) is 8.83 Å². The second-order valence-electron chi connectivity index (χ2n) is 10.7. The van der Waals surface area contributed by atoms with Gasteiger partial charge in [-0.2, -0.15) is 0 Å². The largest absolute Gasteiger partial charge is 0.519 e. The molecule has 5 aromatic rings. The number of aromatic nitrogens is 3. The Bertz CT molecular complexity index is 1780. The van der Waals surface area contributed by atoms with Gasteiger partial charge in [0, 0.05) is 47.6 Å². The molecule has 0 spiro atoms. The molecule has 1 amide bonds. The Morgan fingerprint density at radius 2 is 1.91 bits per heavy atom. The Morgan fingerprint density at radius 3 is 2.67 bits per heavy atom. The van der Waals surface area contributed by atoms with Crippen molar-refractivity contribution in [1.82, 2.24) is 19.9 Å². The number of benzene rings is 2. The summed E-state index contributed by atoms with van der Waals surface area (Å²) in [5.41, 5.74) is 5.87. The van der Waals surface area contributed by atoms with Gasteiger partial charge in [-0.1, -0.05) is 18.2 Å². The van der Waals surface area contributed by atoms with E-state index in [1.165, 1.54) is 5.56 Å². The smallest absolute Gasteiger partial charge is 0.396 e. The topological polar surface area (TPSA) is 126 Å². The molecule has 2 N–H and O–H groups in total. The number of pyridine rings is 1. The number of carbonyl (C=O) groups is 1. The fraction of sp³-hybridized carbons (Fsp3) is 0.242. The zero-order valence-electron chi connectivity index (χ0n) is 24.0. The van der Waals surface area contributed by atoms with Crippen molar-refractivity contribution in [3.63, 3.8) is 0 Å². The number of carbonyl (C=O) groups excluding carboxylic acids is 1. The van der Waals surface area contributed by atoms with Crippen LogP contribution in [-0.4, -0.2) is 38.8 Å². The van der Waals surface area contributed by atoms with E-state index >= 15 is 0 Å². The van der Waals surface area contributed by atoms with Crippen molar-refractivity contribution < 1.29 is 13.6 Å². The Balaban J connectivity index is 1.10. The third kappa shape index (κ3) is 6.70. The summed E-state index contributed by atoms with van der Waals surface area (Å²) in [5, 5.41) is 6.29. The van der Waals surface area contributed by atoms with Crippen LogP contribution in [0.4, 0.5) is 17.3 Å². The van der Waals surface area contributed by atoms with Crippen LogP contribution in [0.5, 0.6) is 0 Å². The van der Waals surface area contributed by atoms with E-state index in [2.05, 4.69) is 30.5 Å². The van der Waals surface area contributed by atoms with Gasteiger partial charge in [0.05, 0.1) is 12.2 Å². The quantitative estimate of drug-likeness (QED) is 0.226. The summed E-state index contributed by atoms with van der Waals surface area (Å²) in [6.07, 6.45) is 7.28. The number of nitrogens with zero attached hydrogens (tertiary/aromatic N) is 4. The molecular formula is C33H32N6O4. The molecule has 0 aliphatic carbocycles. The Labute approximate surface area is 248 Å². The fourth-order valence-corrected chi connectivity index (χ4v) is 5.35. The van der Waals surface area contributed by atoms with E-state index < -0.39 is 5.82 Å². The summed E-state index contributed by atoms with van der Waals surface area (Å²) in [6, 6.07) is 19.1. The van der Waals surface area contributed by atoms with Gasteiger partial charge < -0.3 is 19.5 Å². The maximum Gasteiger partial charge on any atom is 0.519 e. The van der Waals surface area contributed by atoms with E-state index in [0.29, 0.717) is 41.2 Å². The summed E-state index contributed by atoms with van der Waals surface area (Å²) in [4.78, 5) is 40.0. The lowest BCUT2D eigenvalue weighted by atomic mass is 9.90. The standard InChI is InChI=1S/C33H32N6O4/c1-21-7-12-27(17-29(21)38-32-35-15-13-28(37-32)25-5-3-14-34-18-25)36-31(40)24-10-8-23(9-11-24)26-6-4-16-39(19-26)20-30-22(2)42-33(41)43-30/h3,5,7-15,17-18,26H,4,6,16,19-20H2,1-2H3,(H,36,40)(H,35,37,38). The maximum absolute atomic E-state index is 13.1. The van der Waals surface area contributed by atoms with Gasteiger partial charge in [0.25, 0.3) is 5.91 Å². The molecule has 3 aromatic heterocycles. The molecule has 0 radical (unpaired) electrons. The monoisotopic (exact) mass is 576 g/mol. The molecule has 1 fully saturated rings. The molecule has 2 aromatic carbocycles. The number of likely N-dealkylation sites (tertiary alicyclic amines) is 1. The average Bonchev–Trinajstić information content (AvgIpc) is 3.35. The number of aryl methyl sites for hydroxylation is 2. The number of hydrogen-bond acceptors (Lipinski definition) is 9. The predicted molar refractivity (Wildman–Crippen MR) is 163 cm³/mol. The summed E-state index contributed by atoms with van der Waals surface area (Å²) in [7, 11) is 0. The second kappa shape index (κ2) is 12.4. The van der Waals surface area contributed by atoms with E-state index in [-0.39, 0.29) is 5.91 Å². The minimum Gasteiger partial charge on any atom is -0.396 e. The van der Waals surface area contributed by atoms with Crippen LogP contribution >= 0.6 is 0 Å². The molecule has 10 nitrogen and oxygen atoms in total. The molecule has 43 heavy (non-hydrogen) atoms. The highest BCUT2D eigenvalue weighted by atomic mass is 16.6. The molecule has 6 rings (SSSR count). The van der Waals surface area contributed by atoms with Crippen molar-refractivity contribution >= 4 is 23.2 Å². The van der Waals surface area contributed by atoms with Gasteiger partial charge in [-0.25, -0.2) is 14.8 Å². The van der Waals surface area contributed by atoms with Crippen LogP contribution in [0.1, 0.15) is 51.8 Å². The van der Waals surface area contributed by atoms with Gasteiger partial charge in [-0.3, -0.25) is 14.7 Å². The first-order valence-corrected chi connectivity index (χ1v) is 14.3. The number of rotatable bonds is 8. The van der Waals surface area contributed by atoms with Crippen LogP contribution < -0.4 is 16.5 Å². The Kier molecular flexibility index (Phi) is 8.10. The minimum absolute atomic E-state index is 0.188. The van der Waals surface area contributed by atoms with Crippen LogP contribution in [0, 0.1) is 13.8 Å². The van der Waals surface area contributed by atoms with Gasteiger partial charge in [0.2, 0.25) is 5.95 Å². The van der Waals surface area contributed by atoms with E-state index in [1.54, 1.807) is 25.5 Å². The van der Waals surface area contributed by atoms with Gasteiger partial charge >= 0.3 is 5.82 Å². The molecule has 0 saturated carbocycles. The van der Waals surface area contributed by atoms with Crippen molar-refractivity contribution in [2.45, 2.75) is 39.2 Å². The summed E-state index contributed by atoms with van der Waals surface area (Å²) in [5.74, 6) is 1.05. The SMILES string of the molecule is Cc1ccc(NC(=O)c2ccc(C3CCCN(Cc4oc(=O)oc4C)C3)cc2)cc1Nc1nccc(-c2cccnc2)n1. The molecule has 1 unspecified atom stereocenters. The third-order valence-corrected chi connectivity index (χ3v) is 7.71. The van der Waals surface area contributed by atoms with Gasteiger partial charge in [0.15, 0.2) is 5.76 Å². The van der Waals surface area contributed by atoms with E-state index in [1.807, 2.05) is 67.6 Å². The highest BCUT2D eigenvalue weighted by Crippen LogP contribution is 2.29. The van der Waals surface area contributed by atoms with Crippen molar-refractivity contribution in [2.24, 2.45) is 0 Å². The first-order valence-electron chi connectivity index (χ1n) is 14.3. The Morgan fingerprint density at radius 1 is 1.05 bits per heavy atom. The average molecular weight is 577 g/mol. The third-order valence-electron chi connectivity index (χ3n) is 7.71. The molecule has 1 saturated heterocycles. The van der Waals surface area contributed by atoms with Gasteiger partial charge in [-0.15, -0.1) is 0 Å². The number of amides is 1. The van der Waals surface area contributed by atoms with Crippen LogP contribution in [0.3, 0.4) is 0 Å². The van der Waals surface area contributed by atoms with Crippen LogP contribution in [-0.2, 0) is 6.54 Å². The second-order valence-corrected chi connectivity index (χ2v) is 10.7. The first-order chi connectivity index (χ1) is 20.9. The van der Waals surface area contributed by atoms with Gasteiger partial charge in [-0.05, 0) is 92.7 Å². The van der Waals surface area contributed by atoms with Crippen LogP contribution in [0.25, 0.3) is 11.3 Å². The van der Waals surface area contributed by atoms with Crippen molar-refractivity contribution in [2.75, 3.05) is 23.7 Å². The van der Waals surface area contributed by atoms with Gasteiger partial charge in [0.1, 0.15) is 5.76 Å². The molecule has 1 atom stereocenters. The molecule has 0 bridgehead atoms. The molecule has 1 aliphatic heterocycles. The number of anilines is 3. The number of hydrogen-bond donors (Lipinski definition) is 2. The van der Waals surface area contributed by atoms with Crippen molar-refractivity contribution in [3.05, 3.63) is 118 Å². The minimum atomic E-state index is -0.659.